The van der Waals surface area contributed by atoms with E-state index in [0.29, 0.717) is 0 Å². The topological polar surface area (TPSA) is 195 Å². The molecular formula is C12H23Ac7NO10. The molecule has 0 aliphatic carbocycles. The molecule has 0 bridgehead atoms. The third kappa shape index (κ3) is 15.2. The molecule has 9 N–H and O–H groups in total. The molecule has 2 fully saturated rings. The van der Waals surface area contributed by atoms with Crippen LogP contribution in [0, 0.1) is 308 Å². The zero-order valence-corrected chi connectivity index (χ0v) is 49.4. The molecule has 11 nitrogen and oxygen atoms in total. The molecule has 30 heavy (non-hydrogen) atoms. The van der Waals surface area contributed by atoms with Crippen molar-refractivity contribution in [3.63, 3.8) is 0 Å². The summed E-state index contributed by atoms with van der Waals surface area (Å²) in [5.41, 5.74) is 5.46. The van der Waals surface area contributed by atoms with E-state index in [-0.39, 0.29) is 308 Å². The molecule has 2 saturated heterocycles. The molecule has 0 spiro atoms. The van der Waals surface area contributed by atoms with Crippen molar-refractivity contribution >= 4 is 0 Å². The van der Waals surface area contributed by atoms with Crippen LogP contribution >= 0.6 is 0 Å². The maximum atomic E-state index is 10.0. The third-order valence-electron chi connectivity index (χ3n) is 4.04. The molecule has 0 aromatic heterocycles. The first kappa shape index (κ1) is 52.3. The quantitative estimate of drug-likeness (QED) is 0.134. The van der Waals surface area contributed by atoms with Crippen molar-refractivity contribution in [1.82, 2.24) is 0 Å². The fourth-order valence-electron chi connectivity index (χ4n) is 2.62. The largest absolute Gasteiger partial charge is 0.394 e. The first-order chi connectivity index (χ1) is 10.8. The van der Waals surface area contributed by atoms with E-state index >= 15 is 0 Å². The van der Waals surface area contributed by atoms with Crippen LogP contribution < -0.4 is 5.73 Å². The summed E-state index contributed by atoms with van der Waals surface area (Å²) in [5.74, 6) is 0. The fraction of sp³-hybridized carbons (Fsp3) is 1.00. The molecule has 2 rings (SSSR count). The van der Waals surface area contributed by atoms with E-state index in [4.69, 9.17) is 25.1 Å². The summed E-state index contributed by atoms with van der Waals surface area (Å²) in [6.45, 7) is -1.25. The van der Waals surface area contributed by atoms with Gasteiger partial charge in [0.15, 0.2) is 6.29 Å². The second-order valence-electron chi connectivity index (χ2n) is 5.60. The van der Waals surface area contributed by atoms with Crippen LogP contribution in [0.3, 0.4) is 0 Å². The van der Waals surface area contributed by atoms with E-state index in [1.807, 2.05) is 0 Å². The van der Waals surface area contributed by atoms with Gasteiger partial charge in [-0.1, -0.05) is 0 Å². The van der Waals surface area contributed by atoms with Crippen molar-refractivity contribution in [2.75, 3.05) is 13.2 Å². The van der Waals surface area contributed by atoms with E-state index in [1.165, 1.54) is 0 Å². The minimum Gasteiger partial charge on any atom is -0.394 e. The van der Waals surface area contributed by atoms with Gasteiger partial charge in [0.1, 0.15) is 55.1 Å². The Labute approximate surface area is 425 Å². The Morgan fingerprint density at radius 3 is 1.50 bits per heavy atom. The summed E-state index contributed by atoms with van der Waals surface area (Å²) in [6, 6.07) is 0. The Hall–Kier alpha value is 9.65. The summed E-state index contributed by atoms with van der Waals surface area (Å²) in [4.78, 5) is 0. The molecular weight excluding hydrogens is 1910 g/mol. The van der Waals surface area contributed by atoms with Crippen LogP contribution in [0.2, 0.25) is 0 Å². The van der Waals surface area contributed by atoms with E-state index in [1.54, 1.807) is 0 Å². The summed E-state index contributed by atoms with van der Waals surface area (Å²) in [5, 5.41) is 67.4. The predicted octanol–water partition coefficient (Wildman–Crippen LogP) is -5.43. The molecule has 157 valence electrons. The normalized spacial score (nSPS) is 39.6. The Morgan fingerprint density at radius 1 is 0.600 bits per heavy atom. The second-order valence-corrected chi connectivity index (χ2v) is 5.60. The van der Waals surface area contributed by atoms with Crippen LogP contribution in [0.15, 0.2) is 0 Å². The number of aliphatic hydroxyl groups excluding tert-OH is 7. The fourth-order valence-corrected chi connectivity index (χ4v) is 2.62. The molecule has 2 heterocycles. The van der Waals surface area contributed by atoms with E-state index in [2.05, 4.69) is 0 Å². The number of aliphatic hydroxyl groups is 7. The van der Waals surface area contributed by atoms with Gasteiger partial charge in [-0.3, -0.25) is 0 Å². The van der Waals surface area contributed by atoms with E-state index in [0.717, 1.165) is 0 Å². The average molecular weight is 1930 g/mol. The van der Waals surface area contributed by atoms with E-state index in [9.17, 15) is 30.6 Å². The van der Waals surface area contributed by atoms with Crippen LogP contribution in [-0.2, 0) is 14.2 Å². The van der Waals surface area contributed by atoms with Crippen molar-refractivity contribution in [3.8, 4) is 0 Å². The van der Waals surface area contributed by atoms with Crippen LogP contribution in [0.25, 0.3) is 0 Å². The van der Waals surface area contributed by atoms with Crippen LogP contribution in [-0.4, -0.2) is 110 Å². The molecule has 0 aromatic rings. The predicted molar refractivity (Wildman–Crippen MR) is 70.6 cm³/mol. The van der Waals surface area contributed by atoms with Gasteiger partial charge in [-0.05, 0) is 0 Å². The van der Waals surface area contributed by atoms with Gasteiger partial charge in [0.2, 0.25) is 0 Å². The Bertz CT molecular complexity index is 406. The van der Waals surface area contributed by atoms with Gasteiger partial charge in [0.05, 0.1) is 13.2 Å². The van der Waals surface area contributed by atoms with Crippen molar-refractivity contribution in [2.24, 2.45) is 5.73 Å². The SMILES string of the molecule is N[C@@H]1OC(CO)[C@H](O[C@@H]2OC(CO)[C@H](O)C(O)[C@H]2O)C(O)[C@H]1O.[Ac].[Ac].[Ac].[Ac].[Ac].[Ac].[Ac]. The van der Waals surface area contributed by atoms with Crippen molar-refractivity contribution in [3.05, 3.63) is 0 Å². The summed E-state index contributed by atoms with van der Waals surface area (Å²) in [7, 11) is 0. The number of ether oxygens (including phenoxy) is 3. The number of nitrogens with two attached hydrogens (primary N) is 1. The van der Waals surface area contributed by atoms with E-state index < -0.39 is 74.6 Å². The smallest absolute Gasteiger partial charge is 0.187 e. The molecule has 2 aliphatic rings. The molecule has 7 radical (unpaired) electrons. The first-order valence-electron chi connectivity index (χ1n) is 7.15. The van der Waals surface area contributed by atoms with Crippen molar-refractivity contribution < 1.29 is 358 Å². The van der Waals surface area contributed by atoms with Crippen LogP contribution in [0.1, 0.15) is 0 Å². The van der Waals surface area contributed by atoms with Gasteiger partial charge < -0.3 is 55.7 Å². The van der Waals surface area contributed by atoms with Gasteiger partial charge in [0, 0.05) is 308 Å². The zero-order chi connectivity index (χ0) is 17.3. The monoisotopic (exact) mass is 1930 g/mol. The standard InChI is InChI=1S/C12H23NO10.7Ac/c13-11-8(19)7(18)10(4(2-15)21-11)23-12-9(20)6(17)5(16)3(1-14)22-12;;;;;;;/h3-12,14-20H,1-2,13H2;;;;;;;/t3?,4?,5-,6?,7?,8+,9+,10-,11+,12-;;;;;;;/m0......./s1. The van der Waals surface area contributed by atoms with Gasteiger partial charge in [-0.2, -0.15) is 0 Å². The van der Waals surface area contributed by atoms with Gasteiger partial charge in [-0.15, -0.1) is 0 Å². The molecule has 0 saturated carbocycles. The maximum absolute atomic E-state index is 10.0. The Balaban J connectivity index is -0.000000206. The summed E-state index contributed by atoms with van der Waals surface area (Å²) in [6.07, 6.45) is -14.4. The van der Waals surface area contributed by atoms with Gasteiger partial charge in [-0.25, -0.2) is 0 Å². The van der Waals surface area contributed by atoms with Crippen LogP contribution in [0.5, 0.6) is 0 Å². The number of hydrogen-bond donors (Lipinski definition) is 8. The molecule has 2 aliphatic heterocycles. The van der Waals surface area contributed by atoms with Gasteiger partial charge >= 0.3 is 0 Å². The summed E-state index contributed by atoms with van der Waals surface area (Å²) < 4.78 is 15.6. The van der Waals surface area contributed by atoms with Crippen LogP contribution in [0.4, 0.5) is 0 Å². The molecule has 4 unspecified atom stereocenters. The second kappa shape index (κ2) is 27.5. The first-order valence-corrected chi connectivity index (χ1v) is 7.15. The Kier molecular flexibility index (Phi) is 47.9. The third-order valence-corrected chi connectivity index (χ3v) is 4.04. The zero-order valence-electron chi connectivity index (χ0n) is 16.2. The number of rotatable bonds is 4. The maximum Gasteiger partial charge on any atom is 0.187 e. The minimum atomic E-state index is -1.69. The summed E-state index contributed by atoms with van der Waals surface area (Å²) >= 11 is 0. The average Bonchev–Trinajstić information content (AvgIpc) is 2.55. The Morgan fingerprint density at radius 2 is 1.07 bits per heavy atom. The van der Waals surface area contributed by atoms with Crippen molar-refractivity contribution in [2.45, 2.75) is 61.3 Å². The minimum absolute atomic E-state index is 0. The molecule has 0 amide bonds. The molecule has 0 aromatic carbocycles. The van der Waals surface area contributed by atoms with Crippen molar-refractivity contribution in [1.29, 1.82) is 0 Å². The number of hydrogen-bond acceptors (Lipinski definition) is 11. The molecule has 18 heteroatoms. The molecule has 10 atom stereocenters. The van der Waals surface area contributed by atoms with Gasteiger partial charge in [0.25, 0.3) is 0 Å².